The first-order valence-electron chi connectivity index (χ1n) is 4.71. The SMILES string of the molecule is C=C(C)C(=O)O.COC(=O)OC(C)OCCO. The molecule has 100 valence electrons. The third-order valence-electron chi connectivity index (χ3n) is 1.24. The van der Waals surface area contributed by atoms with Crippen LogP contribution in [0.5, 0.6) is 0 Å². The summed E-state index contributed by atoms with van der Waals surface area (Å²) in [6, 6.07) is 0. The maximum Gasteiger partial charge on any atom is 0.510 e. The van der Waals surface area contributed by atoms with Crippen molar-refractivity contribution in [2.45, 2.75) is 20.1 Å². The van der Waals surface area contributed by atoms with Crippen molar-refractivity contribution >= 4 is 12.1 Å². The van der Waals surface area contributed by atoms with Crippen LogP contribution in [0.1, 0.15) is 13.8 Å². The standard InChI is InChI=1S/C6H12O5.C4H6O2/c1-5(10-4-3-7)11-6(8)9-2;1-3(2)4(5)6/h5,7H,3-4H2,1-2H3;1H2,2H3,(H,5,6). The summed E-state index contributed by atoms with van der Waals surface area (Å²) in [5.74, 6) is -0.935. The Morgan fingerprint density at radius 3 is 2.18 bits per heavy atom. The maximum absolute atomic E-state index is 10.4. The van der Waals surface area contributed by atoms with Gasteiger partial charge in [-0.15, -0.1) is 0 Å². The average molecular weight is 250 g/mol. The highest BCUT2D eigenvalue weighted by Gasteiger charge is 2.07. The predicted octanol–water partition coefficient (Wildman–Crippen LogP) is 0.771. The van der Waals surface area contributed by atoms with Crippen molar-refractivity contribution in [1.29, 1.82) is 0 Å². The number of carboxylic acid groups (broad SMARTS) is 1. The fraction of sp³-hybridized carbons (Fsp3) is 0.600. The van der Waals surface area contributed by atoms with Gasteiger partial charge >= 0.3 is 12.1 Å². The van der Waals surface area contributed by atoms with Crippen LogP contribution in [0.15, 0.2) is 12.2 Å². The minimum Gasteiger partial charge on any atom is -0.478 e. The van der Waals surface area contributed by atoms with Crippen molar-refractivity contribution in [3.63, 3.8) is 0 Å². The molecule has 0 bridgehead atoms. The number of methoxy groups -OCH3 is 1. The molecular weight excluding hydrogens is 232 g/mol. The second kappa shape index (κ2) is 10.9. The molecule has 2 N–H and O–H groups in total. The van der Waals surface area contributed by atoms with Gasteiger partial charge in [0.2, 0.25) is 6.29 Å². The molecule has 0 saturated carbocycles. The molecule has 0 aromatic carbocycles. The molecule has 0 amide bonds. The highest BCUT2D eigenvalue weighted by Crippen LogP contribution is 1.94. The Kier molecular flexibility index (Phi) is 11.4. The van der Waals surface area contributed by atoms with Gasteiger partial charge in [0.1, 0.15) is 0 Å². The molecule has 0 heterocycles. The third kappa shape index (κ3) is 14.4. The predicted molar refractivity (Wildman–Crippen MR) is 58.4 cm³/mol. The number of rotatable bonds is 5. The fourth-order valence-corrected chi connectivity index (χ4v) is 0.436. The zero-order chi connectivity index (χ0) is 13.8. The number of aliphatic carboxylic acids is 1. The van der Waals surface area contributed by atoms with Crippen molar-refractivity contribution in [2.24, 2.45) is 0 Å². The highest BCUT2D eigenvalue weighted by atomic mass is 16.8. The molecule has 0 aromatic rings. The quantitative estimate of drug-likeness (QED) is 0.422. The zero-order valence-corrected chi connectivity index (χ0v) is 10.1. The van der Waals surface area contributed by atoms with E-state index in [-0.39, 0.29) is 18.8 Å². The first-order valence-corrected chi connectivity index (χ1v) is 4.71. The van der Waals surface area contributed by atoms with E-state index < -0.39 is 18.4 Å². The van der Waals surface area contributed by atoms with E-state index in [1.807, 2.05) is 0 Å². The number of ether oxygens (including phenoxy) is 3. The molecule has 0 rings (SSSR count). The lowest BCUT2D eigenvalue weighted by Gasteiger charge is -2.11. The number of aliphatic hydroxyl groups is 1. The molecule has 0 spiro atoms. The summed E-state index contributed by atoms with van der Waals surface area (Å²) in [5.41, 5.74) is 0.176. The molecule has 0 aliphatic carbocycles. The monoisotopic (exact) mass is 250 g/mol. The topological polar surface area (TPSA) is 102 Å². The Balaban J connectivity index is 0. The molecule has 0 aromatic heterocycles. The van der Waals surface area contributed by atoms with Gasteiger partial charge in [-0.05, 0) is 13.8 Å². The molecule has 1 atom stereocenters. The Labute approximate surface area is 99.6 Å². The van der Waals surface area contributed by atoms with E-state index >= 15 is 0 Å². The Bertz CT molecular complexity index is 237. The average Bonchev–Trinajstić information content (AvgIpc) is 2.26. The van der Waals surface area contributed by atoms with E-state index in [9.17, 15) is 9.59 Å². The van der Waals surface area contributed by atoms with Crippen molar-refractivity contribution in [3.05, 3.63) is 12.2 Å². The van der Waals surface area contributed by atoms with Crippen LogP contribution in [0, 0.1) is 0 Å². The Morgan fingerprint density at radius 1 is 1.41 bits per heavy atom. The number of carboxylic acids is 1. The molecule has 7 heteroatoms. The van der Waals surface area contributed by atoms with Gasteiger partial charge in [-0.1, -0.05) is 6.58 Å². The summed E-state index contributed by atoms with van der Waals surface area (Å²) in [5, 5.41) is 16.2. The van der Waals surface area contributed by atoms with Crippen molar-refractivity contribution in [2.75, 3.05) is 20.3 Å². The molecular formula is C10H18O7. The summed E-state index contributed by atoms with van der Waals surface area (Å²) in [6.45, 7) is 6.17. The van der Waals surface area contributed by atoms with E-state index in [2.05, 4.69) is 16.1 Å². The molecule has 1 unspecified atom stereocenters. The van der Waals surface area contributed by atoms with Gasteiger partial charge in [-0.3, -0.25) is 0 Å². The smallest absolute Gasteiger partial charge is 0.478 e. The first-order chi connectivity index (χ1) is 7.84. The van der Waals surface area contributed by atoms with Crippen LogP contribution in [0.4, 0.5) is 4.79 Å². The summed E-state index contributed by atoms with van der Waals surface area (Å²) in [4.78, 5) is 20.0. The van der Waals surface area contributed by atoms with Crippen LogP contribution in [0.3, 0.4) is 0 Å². The summed E-state index contributed by atoms with van der Waals surface area (Å²) >= 11 is 0. The molecule has 0 fully saturated rings. The largest absolute Gasteiger partial charge is 0.510 e. The van der Waals surface area contributed by atoms with Crippen LogP contribution in [0.2, 0.25) is 0 Å². The van der Waals surface area contributed by atoms with Crippen LogP contribution in [-0.4, -0.2) is 49.0 Å². The van der Waals surface area contributed by atoms with Crippen LogP contribution >= 0.6 is 0 Å². The summed E-state index contributed by atoms with van der Waals surface area (Å²) in [6.07, 6.45) is -1.48. The molecule has 17 heavy (non-hydrogen) atoms. The van der Waals surface area contributed by atoms with Crippen molar-refractivity contribution < 1.29 is 34.0 Å². The van der Waals surface area contributed by atoms with Crippen LogP contribution in [-0.2, 0) is 19.0 Å². The lowest BCUT2D eigenvalue weighted by atomic mass is 10.4. The Morgan fingerprint density at radius 2 is 1.88 bits per heavy atom. The van der Waals surface area contributed by atoms with Gasteiger partial charge in [0.15, 0.2) is 0 Å². The van der Waals surface area contributed by atoms with E-state index in [1.54, 1.807) is 0 Å². The molecule has 0 aliphatic heterocycles. The highest BCUT2D eigenvalue weighted by molar-refractivity contribution is 5.84. The molecule has 7 nitrogen and oxygen atoms in total. The van der Waals surface area contributed by atoms with E-state index in [0.29, 0.717) is 0 Å². The van der Waals surface area contributed by atoms with E-state index in [1.165, 1.54) is 21.0 Å². The fourth-order valence-electron chi connectivity index (χ4n) is 0.436. The lowest BCUT2D eigenvalue weighted by Crippen LogP contribution is -2.19. The van der Waals surface area contributed by atoms with Gasteiger partial charge < -0.3 is 24.4 Å². The zero-order valence-electron chi connectivity index (χ0n) is 10.1. The second-order valence-corrected chi connectivity index (χ2v) is 2.82. The lowest BCUT2D eigenvalue weighted by molar-refractivity contribution is -0.132. The van der Waals surface area contributed by atoms with Gasteiger partial charge in [0, 0.05) is 5.57 Å². The minimum atomic E-state index is -0.935. The molecule has 0 saturated heterocycles. The second-order valence-electron chi connectivity index (χ2n) is 2.82. The molecule has 0 radical (unpaired) electrons. The number of hydrogen-bond acceptors (Lipinski definition) is 6. The number of carbonyl (C=O) groups excluding carboxylic acids is 1. The van der Waals surface area contributed by atoms with Gasteiger partial charge in [0.05, 0.1) is 20.3 Å². The molecule has 0 aliphatic rings. The van der Waals surface area contributed by atoms with Gasteiger partial charge in [0.25, 0.3) is 0 Å². The first kappa shape index (κ1) is 17.8. The third-order valence-corrected chi connectivity index (χ3v) is 1.24. The van der Waals surface area contributed by atoms with Gasteiger partial charge in [-0.2, -0.15) is 0 Å². The normalized spacial score (nSPS) is 10.6. The number of hydrogen-bond donors (Lipinski definition) is 2. The van der Waals surface area contributed by atoms with E-state index in [0.717, 1.165) is 0 Å². The van der Waals surface area contributed by atoms with E-state index in [4.69, 9.17) is 14.9 Å². The Hall–Kier alpha value is -1.60. The maximum atomic E-state index is 10.4. The van der Waals surface area contributed by atoms with Gasteiger partial charge in [-0.25, -0.2) is 9.59 Å². The van der Waals surface area contributed by atoms with Crippen LogP contribution in [0.25, 0.3) is 0 Å². The number of carbonyl (C=O) groups is 2. The minimum absolute atomic E-state index is 0.102. The van der Waals surface area contributed by atoms with Crippen molar-refractivity contribution in [1.82, 2.24) is 0 Å². The van der Waals surface area contributed by atoms with Crippen LogP contribution < -0.4 is 0 Å². The number of aliphatic hydroxyl groups excluding tert-OH is 1. The van der Waals surface area contributed by atoms with Crippen molar-refractivity contribution in [3.8, 4) is 0 Å². The summed E-state index contributed by atoms with van der Waals surface area (Å²) < 4.78 is 13.5. The summed E-state index contributed by atoms with van der Waals surface area (Å²) in [7, 11) is 1.21.